The lowest BCUT2D eigenvalue weighted by molar-refractivity contribution is -0.148. The quantitative estimate of drug-likeness (QED) is 0.537. The number of carbonyl (C=O) groups is 4. The highest BCUT2D eigenvalue weighted by atomic mass is 16.5. The summed E-state index contributed by atoms with van der Waals surface area (Å²) in [4.78, 5) is 48.2. The molecule has 0 aliphatic carbocycles. The van der Waals surface area contributed by atoms with Crippen LogP contribution in [0.25, 0.3) is 0 Å². The summed E-state index contributed by atoms with van der Waals surface area (Å²) in [5.74, 6) is -1.36. The van der Waals surface area contributed by atoms with Gasteiger partial charge in [0, 0.05) is 6.54 Å². The second-order valence-corrected chi connectivity index (χ2v) is 5.51. The lowest BCUT2D eigenvalue weighted by atomic mass is 10.1. The molecular formula is C15H25N3O6. The number of carbonyl (C=O) groups excluding carboxylic acids is 3. The van der Waals surface area contributed by atoms with Gasteiger partial charge in [-0.2, -0.15) is 0 Å². The molecule has 0 aromatic rings. The standard InChI is InChI=1S/C15H25N3O6/c1-3-6-10(14(21)24-4-2)17-13(20)11-7-5-8-18(11)12(19)9-16-15(22)23/h10-11,16H,3-9H2,1-2H3,(H,17,20)(H,22,23)/t10?,11-/m0/s1. The molecule has 1 heterocycles. The second kappa shape index (κ2) is 9.74. The van der Waals surface area contributed by atoms with Crippen molar-refractivity contribution in [1.29, 1.82) is 0 Å². The van der Waals surface area contributed by atoms with Gasteiger partial charge in [0.2, 0.25) is 11.8 Å². The Labute approximate surface area is 140 Å². The molecular weight excluding hydrogens is 318 g/mol. The number of hydrogen-bond acceptors (Lipinski definition) is 5. The van der Waals surface area contributed by atoms with Gasteiger partial charge < -0.3 is 25.4 Å². The first-order chi connectivity index (χ1) is 11.4. The number of carboxylic acid groups (broad SMARTS) is 1. The summed E-state index contributed by atoms with van der Waals surface area (Å²) >= 11 is 0. The summed E-state index contributed by atoms with van der Waals surface area (Å²) in [6.45, 7) is 3.81. The summed E-state index contributed by atoms with van der Waals surface area (Å²) in [7, 11) is 0. The van der Waals surface area contributed by atoms with Gasteiger partial charge in [-0.3, -0.25) is 9.59 Å². The van der Waals surface area contributed by atoms with Gasteiger partial charge in [0.1, 0.15) is 18.6 Å². The van der Waals surface area contributed by atoms with Gasteiger partial charge in [-0.05, 0) is 26.2 Å². The molecule has 3 N–H and O–H groups in total. The Hall–Kier alpha value is -2.32. The number of nitrogens with zero attached hydrogens (tertiary/aromatic N) is 1. The molecule has 1 fully saturated rings. The van der Waals surface area contributed by atoms with Crippen molar-refractivity contribution in [2.45, 2.75) is 51.6 Å². The van der Waals surface area contributed by atoms with Crippen LogP contribution >= 0.6 is 0 Å². The van der Waals surface area contributed by atoms with E-state index in [1.54, 1.807) is 6.92 Å². The van der Waals surface area contributed by atoms with Crippen LogP contribution in [0.15, 0.2) is 0 Å². The van der Waals surface area contributed by atoms with E-state index >= 15 is 0 Å². The normalized spacial score (nSPS) is 17.9. The zero-order valence-corrected chi connectivity index (χ0v) is 14.0. The van der Waals surface area contributed by atoms with Crippen LogP contribution in [0.5, 0.6) is 0 Å². The maximum absolute atomic E-state index is 12.4. The van der Waals surface area contributed by atoms with Gasteiger partial charge >= 0.3 is 12.1 Å². The van der Waals surface area contributed by atoms with E-state index in [1.165, 1.54) is 4.90 Å². The van der Waals surface area contributed by atoms with Gasteiger partial charge in [-0.1, -0.05) is 13.3 Å². The SMILES string of the molecule is CCCC(NC(=O)[C@@H]1CCCN1C(=O)CNC(=O)O)C(=O)OCC. The molecule has 2 atom stereocenters. The molecule has 0 spiro atoms. The first-order valence-electron chi connectivity index (χ1n) is 8.13. The third-order valence-corrected chi connectivity index (χ3v) is 3.73. The minimum Gasteiger partial charge on any atom is -0.465 e. The predicted octanol–water partition coefficient (Wildman–Crippen LogP) is 0.0930. The van der Waals surface area contributed by atoms with Crippen molar-refractivity contribution in [2.75, 3.05) is 19.7 Å². The Bertz CT molecular complexity index is 482. The van der Waals surface area contributed by atoms with Gasteiger partial charge in [0.15, 0.2) is 0 Å². The highest BCUT2D eigenvalue weighted by molar-refractivity contribution is 5.92. The number of amides is 3. The van der Waals surface area contributed by atoms with E-state index in [2.05, 4.69) is 5.32 Å². The molecule has 0 bridgehead atoms. The predicted molar refractivity (Wildman–Crippen MR) is 84.2 cm³/mol. The third-order valence-electron chi connectivity index (χ3n) is 3.73. The van der Waals surface area contributed by atoms with Crippen LogP contribution in [-0.4, -0.2) is 65.7 Å². The number of esters is 1. The topological polar surface area (TPSA) is 125 Å². The Morgan fingerprint density at radius 1 is 1.29 bits per heavy atom. The van der Waals surface area contributed by atoms with E-state index in [0.717, 1.165) is 0 Å². The van der Waals surface area contributed by atoms with E-state index in [0.29, 0.717) is 32.2 Å². The number of likely N-dealkylation sites (tertiary alicyclic amines) is 1. The van der Waals surface area contributed by atoms with Crippen molar-refractivity contribution in [2.24, 2.45) is 0 Å². The van der Waals surface area contributed by atoms with Crippen molar-refractivity contribution in [1.82, 2.24) is 15.5 Å². The summed E-state index contributed by atoms with van der Waals surface area (Å²) in [6.07, 6.45) is 0.973. The van der Waals surface area contributed by atoms with Crippen molar-refractivity contribution in [3.8, 4) is 0 Å². The molecule has 9 nitrogen and oxygen atoms in total. The first-order valence-corrected chi connectivity index (χ1v) is 8.13. The molecule has 1 rings (SSSR count). The first kappa shape index (κ1) is 19.7. The molecule has 136 valence electrons. The molecule has 0 aromatic carbocycles. The lowest BCUT2D eigenvalue weighted by Crippen LogP contribution is -2.52. The molecule has 9 heteroatoms. The average molecular weight is 343 g/mol. The molecule has 1 aliphatic heterocycles. The van der Waals surface area contributed by atoms with E-state index < -0.39 is 36.0 Å². The van der Waals surface area contributed by atoms with Crippen LogP contribution in [0.3, 0.4) is 0 Å². The monoisotopic (exact) mass is 343 g/mol. The number of hydrogen-bond donors (Lipinski definition) is 3. The smallest absolute Gasteiger partial charge is 0.405 e. The summed E-state index contributed by atoms with van der Waals surface area (Å²) in [5.41, 5.74) is 0. The van der Waals surface area contributed by atoms with Gasteiger partial charge in [0.25, 0.3) is 0 Å². The number of nitrogens with one attached hydrogen (secondary N) is 2. The highest BCUT2D eigenvalue weighted by Crippen LogP contribution is 2.18. The zero-order valence-electron chi connectivity index (χ0n) is 14.0. The van der Waals surface area contributed by atoms with Gasteiger partial charge in [-0.25, -0.2) is 9.59 Å². The Balaban J connectivity index is 2.67. The van der Waals surface area contributed by atoms with Crippen LogP contribution in [-0.2, 0) is 19.1 Å². The van der Waals surface area contributed by atoms with Crippen LogP contribution in [0, 0.1) is 0 Å². The maximum Gasteiger partial charge on any atom is 0.405 e. The lowest BCUT2D eigenvalue weighted by Gasteiger charge is -2.26. The summed E-state index contributed by atoms with van der Waals surface area (Å²) in [6, 6.07) is -1.43. The fourth-order valence-corrected chi connectivity index (χ4v) is 2.64. The molecule has 1 aliphatic rings. The van der Waals surface area contributed by atoms with E-state index in [-0.39, 0.29) is 13.2 Å². The van der Waals surface area contributed by atoms with Gasteiger partial charge in [-0.15, -0.1) is 0 Å². The molecule has 0 radical (unpaired) electrons. The minimum absolute atomic E-state index is 0.226. The Morgan fingerprint density at radius 2 is 2.00 bits per heavy atom. The van der Waals surface area contributed by atoms with Crippen molar-refractivity contribution < 1.29 is 29.0 Å². The highest BCUT2D eigenvalue weighted by Gasteiger charge is 2.35. The number of ether oxygens (including phenoxy) is 1. The minimum atomic E-state index is -1.30. The largest absolute Gasteiger partial charge is 0.465 e. The molecule has 24 heavy (non-hydrogen) atoms. The van der Waals surface area contributed by atoms with E-state index in [9.17, 15) is 19.2 Å². The molecule has 0 saturated carbocycles. The Kier molecular flexibility index (Phi) is 8.00. The van der Waals surface area contributed by atoms with Crippen molar-refractivity contribution in [3.63, 3.8) is 0 Å². The zero-order chi connectivity index (χ0) is 18.1. The van der Waals surface area contributed by atoms with Crippen LogP contribution in [0.1, 0.15) is 39.5 Å². The summed E-state index contributed by atoms with van der Waals surface area (Å²) < 4.78 is 4.95. The van der Waals surface area contributed by atoms with Crippen LogP contribution in [0.4, 0.5) is 4.79 Å². The van der Waals surface area contributed by atoms with Crippen LogP contribution < -0.4 is 10.6 Å². The number of rotatable bonds is 8. The van der Waals surface area contributed by atoms with Crippen molar-refractivity contribution in [3.05, 3.63) is 0 Å². The van der Waals surface area contributed by atoms with Crippen molar-refractivity contribution >= 4 is 23.9 Å². The maximum atomic E-state index is 12.4. The van der Waals surface area contributed by atoms with E-state index in [4.69, 9.17) is 9.84 Å². The summed E-state index contributed by atoms with van der Waals surface area (Å²) in [5, 5.41) is 13.2. The van der Waals surface area contributed by atoms with Gasteiger partial charge in [0.05, 0.1) is 6.61 Å². The third kappa shape index (κ3) is 5.71. The Morgan fingerprint density at radius 3 is 2.58 bits per heavy atom. The fraction of sp³-hybridized carbons (Fsp3) is 0.733. The molecule has 1 unspecified atom stereocenters. The molecule has 1 saturated heterocycles. The van der Waals surface area contributed by atoms with E-state index in [1.807, 2.05) is 12.2 Å². The fourth-order valence-electron chi connectivity index (χ4n) is 2.64. The molecule has 0 aromatic heterocycles. The second-order valence-electron chi connectivity index (χ2n) is 5.51. The average Bonchev–Trinajstić information content (AvgIpc) is 3.02. The molecule has 3 amide bonds. The van der Waals surface area contributed by atoms with Crippen LogP contribution in [0.2, 0.25) is 0 Å².